The molecule has 1 aliphatic rings. The molecule has 2 rings (SSSR count). The Morgan fingerprint density at radius 2 is 1.86 bits per heavy atom. The number of aromatic carboxylic acids is 1. The molecule has 1 fully saturated rings. The van der Waals surface area contributed by atoms with E-state index in [0.717, 1.165) is 6.07 Å². The van der Waals surface area contributed by atoms with Gasteiger partial charge in [0.25, 0.3) is 0 Å². The van der Waals surface area contributed by atoms with Crippen LogP contribution in [0.15, 0.2) is 12.1 Å². The molecule has 3 N–H and O–H groups in total. The Morgan fingerprint density at radius 1 is 1.19 bits per heavy atom. The van der Waals surface area contributed by atoms with Crippen molar-refractivity contribution in [1.29, 1.82) is 0 Å². The van der Waals surface area contributed by atoms with Crippen molar-refractivity contribution in [2.75, 3.05) is 31.6 Å². The van der Waals surface area contributed by atoms with Crippen molar-refractivity contribution < 1.29 is 28.2 Å². The fraction of sp³-hybridized carbons (Fsp3) is 0.333. The zero-order valence-corrected chi connectivity index (χ0v) is 10.9. The van der Waals surface area contributed by atoms with Gasteiger partial charge in [0, 0.05) is 19.2 Å². The Kier molecular flexibility index (Phi) is 4.66. The van der Waals surface area contributed by atoms with Gasteiger partial charge in [0.05, 0.1) is 24.5 Å². The maximum Gasteiger partial charge on any atom is 0.338 e. The number of nitrogens with one attached hydrogen (secondary N) is 2. The van der Waals surface area contributed by atoms with E-state index < -0.39 is 34.9 Å². The highest BCUT2D eigenvalue weighted by Gasteiger charge is 2.18. The number of carboxylic acids is 1. The third kappa shape index (κ3) is 3.86. The lowest BCUT2D eigenvalue weighted by molar-refractivity contribution is 0.0207. The number of urea groups is 1. The summed E-state index contributed by atoms with van der Waals surface area (Å²) in [6.07, 6.45) is 0. The largest absolute Gasteiger partial charge is 0.478 e. The van der Waals surface area contributed by atoms with E-state index in [2.05, 4.69) is 10.7 Å². The van der Waals surface area contributed by atoms with Crippen molar-refractivity contribution in [3.63, 3.8) is 0 Å². The number of hydrogen-bond donors (Lipinski definition) is 3. The zero-order chi connectivity index (χ0) is 15.4. The van der Waals surface area contributed by atoms with E-state index in [0.29, 0.717) is 32.4 Å². The molecular formula is C12H13F2N3O4. The smallest absolute Gasteiger partial charge is 0.338 e. The predicted octanol–water partition coefficient (Wildman–Crippen LogP) is 1.03. The van der Waals surface area contributed by atoms with Crippen molar-refractivity contribution >= 4 is 17.7 Å². The van der Waals surface area contributed by atoms with E-state index in [-0.39, 0.29) is 0 Å². The second-order valence-corrected chi connectivity index (χ2v) is 4.28. The van der Waals surface area contributed by atoms with Crippen LogP contribution in [-0.2, 0) is 4.74 Å². The lowest BCUT2D eigenvalue weighted by atomic mass is 10.2. The minimum absolute atomic E-state index is 0.411. The summed E-state index contributed by atoms with van der Waals surface area (Å²) in [5.41, 5.74) is 1.31. The molecule has 0 bridgehead atoms. The minimum Gasteiger partial charge on any atom is -0.478 e. The first-order valence-corrected chi connectivity index (χ1v) is 6.10. The number of nitrogens with zero attached hydrogens (tertiary/aromatic N) is 1. The van der Waals surface area contributed by atoms with Crippen molar-refractivity contribution in [3.05, 3.63) is 29.3 Å². The molecular weight excluding hydrogens is 288 g/mol. The first kappa shape index (κ1) is 15.1. The fourth-order valence-electron chi connectivity index (χ4n) is 1.78. The predicted molar refractivity (Wildman–Crippen MR) is 67.9 cm³/mol. The third-order valence-electron chi connectivity index (χ3n) is 2.81. The number of anilines is 1. The van der Waals surface area contributed by atoms with Crippen molar-refractivity contribution in [1.82, 2.24) is 10.4 Å². The quantitative estimate of drug-likeness (QED) is 0.776. The van der Waals surface area contributed by atoms with Crippen LogP contribution >= 0.6 is 0 Å². The van der Waals surface area contributed by atoms with Crippen LogP contribution in [0.4, 0.5) is 19.3 Å². The second-order valence-electron chi connectivity index (χ2n) is 4.28. The number of amides is 2. The molecule has 114 valence electrons. The number of benzene rings is 1. The Balaban J connectivity index is 2.06. The van der Waals surface area contributed by atoms with Crippen LogP contribution in [0.25, 0.3) is 0 Å². The molecule has 21 heavy (non-hydrogen) atoms. The van der Waals surface area contributed by atoms with E-state index in [1.54, 1.807) is 5.01 Å². The molecule has 1 aliphatic heterocycles. The lowest BCUT2D eigenvalue weighted by Crippen LogP contribution is -2.49. The number of hydrogen-bond acceptors (Lipinski definition) is 4. The maximum atomic E-state index is 13.5. The molecule has 9 heteroatoms. The van der Waals surface area contributed by atoms with Crippen molar-refractivity contribution in [2.24, 2.45) is 0 Å². The average Bonchev–Trinajstić information content (AvgIpc) is 2.42. The molecule has 0 aromatic heterocycles. The molecule has 1 saturated heterocycles. The standard InChI is InChI=1S/C12H13F2N3O4/c13-8-6-9(14)10(5-7(8)11(18)19)15-12(20)16-17-1-3-21-4-2-17/h5-6H,1-4H2,(H,18,19)(H2,15,16,20). The number of carboxylic acid groups (broad SMARTS) is 1. The number of halogens is 2. The Morgan fingerprint density at radius 3 is 2.48 bits per heavy atom. The summed E-state index contributed by atoms with van der Waals surface area (Å²) in [4.78, 5) is 22.5. The Labute approximate surface area is 118 Å². The van der Waals surface area contributed by atoms with E-state index >= 15 is 0 Å². The van der Waals surface area contributed by atoms with Crippen LogP contribution in [0.1, 0.15) is 10.4 Å². The van der Waals surface area contributed by atoms with Gasteiger partial charge in [0.1, 0.15) is 11.6 Å². The van der Waals surface area contributed by atoms with Gasteiger partial charge in [0.15, 0.2) is 0 Å². The summed E-state index contributed by atoms with van der Waals surface area (Å²) in [5, 5.41) is 12.5. The average molecular weight is 301 g/mol. The van der Waals surface area contributed by atoms with Crippen LogP contribution in [-0.4, -0.2) is 48.4 Å². The number of carbonyl (C=O) groups excluding carboxylic acids is 1. The van der Waals surface area contributed by atoms with E-state index in [9.17, 15) is 18.4 Å². The molecule has 0 aliphatic carbocycles. The lowest BCUT2D eigenvalue weighted by Gasteiger charge is -2.26. The number of hydrazine groups is 1. The second kappa shape index (κ2) is 6.46. The van der Waals surface area contributed by atoms with Gasteiger partial charge in [-0.05, 0) is 6.07 Å². The number of morpholine rings is 1. The van der Waals surface area contributed by atoms with Crippen molar-refractivity contribution in [2.45, 2.75) is 0 Å². The fourth-order valence-corrected chi connectivity index (χ4v) is 1.78. The molecule has 2 amide bonds. The van der Waals surface area contributed by atoms with Crippen LogP contribution < -0.4 is 10.7 Å². The van der Waals surface area contributed by atoms with Crippen LogP contribution in [0.2, 0.25) is 0 Å². The van der Waals surface area contributed by atoms with Crippen LogP contribution in [0.3, 0.4) is 0 Å². The summed E-state index contributed by atoms with van der Waals surface area (Å²) < 4.78 is 31.8. The van der Waals surface area contributed by atoms with E-state index in [1.807, 2.05) is 0 Å². The third-order valence-corrected chi connectivity index (χ3v) is 2.81. The summed E-state index contributed by atoms with van der Waals surface area (Å²) >= 11 is 0. The van der Waals surface area contributed by atoms with E-state index in [1.165, 1.54) is 0 Å². The maximum absolute atomic E-state index is 13.5. The monoisotopic (exact) mass is 301 g/mol. The highest BCUT2D eigenvalue weighted by molar-refractivity contribution is 5.93. The molecule has 1 aromatic rings. The molecule has 0 spiro atoms. The molecule has 0 atom stereocenters. The SMILES string of the molecule is O=C(Nc1cc(C(=O)O)c(F)cc1F)NN1CCOCC1. The Hall–Kier alpha value is -2.26. The summed E-state index contributed by atoms with van der Waals surface area (Å²) in [6, 6.07) is 0.387. The molecule has 0 saturated carbocycles. The van der Waals surface area contributed by atoms with Crippen LogP contribution in [0, 0.1) is 11.6 Å². The summed E-state index contributed by atoms with van der Waals surface area (Å²) in [7, 11) is 0. The molecule has 1 heterocycles. The highest BCUT2D eigenvalue weighted by atomic mass is 19.1. The van der Waals surface area contributed by atoms with Gasteiger partial charge >= 0.3 is 12.0 Å². The summed E-state index contributed by atoms with van der Waals surface area (Å²) in [6.45, 7) is 1.85. The molecule has 1 aromatic carbocycles. The topological polar surface area (TPSA) is 90.9 Å². The van der Waals surface area contributed by atoms with Gasteiger partial charge in [-0.15, -0.1) is 0 Å². The number of ether oxygens (including phenoxy) is 1. The number of carbonyl (C=O) groups is 2. The molecule has 0 radical (unpaired) electrons. The minimum atomic E-state index is -1.55. The van der Waals surface area contributed by atoms with Gasteiger partial charge in [0.2, 0.25) is 0 Å². The highest BCUT2D eigenvalue weighted by Crippen LogP contribution is 2.19. The Bertz CT molecular complexity index is 562. The normalized spacial score (nSPS) is 15.5. The van der Waals surface area contributed by atoms with Crippen LogP contribution in [0.5, 0.6) is 0 Å². The van der Waals surface area contributed by atoms with E-state index in [4.69, 9.17) is 9.84 Å². The summed E-state index contributed by atoms with van der Waals surface area (Å²) in [5.74, 6) is -3.82. The molecule has 7 nitrogen and oxygen atoms in total. The molecule has 0 unspecified atom stereocenters. The number of rotatable bonds is 3. The van der Waals surface area contributed by atoms with Crippen molar-refractivity contribution in [3.8, 4) is 0 Å². The van der Waals surface area contributed by atoms with Gasteiger partial charge in [-0.2, -0.15) is 0 Å². The first-order valence-electron chi connectivity index (χ1n) is 6.10. The van der Waals surface area contributed by atoms with Gasteiger partial charge in [-0.3, -0.25) is 5.43 Å². The van der Waals surface area contributed by atoms with Gasteiger partial charge in [-0.1, -0.05) is 0 Å². The van der Waals surface area contributed by atoms with Gasteiger partial charge < -0.3 is 15.2 Å². The first-order chi connectivity index (χ1) is 9.97. The zero-order valence-electron chi connectivity index (χ0n) is 10.9. The van der Waals surface area contributed by atoms with Gasteiger partial charge in [-0.25, -0.2) is 23.4 Å².